The van der Waals surface area contributed by atoms with E-state index in [1.165, 1.54) is 12.2 Å². The lowest BCUT2D eigenvalue weighted by atomic mass is 10.2. The van der Waals surface area contributed by atoms with Crippen molar-refractivity contribution in [3.05, 3.63) is 25.3 Å². The van der Waals surface area contributed by atoms with Gasteiger partial charge in [0.25, 0.3) is 0 Å². The van der Waals surface area contributed by atoms with Crippen molar-refractivity contribution in [1.82, 2.24) is 4.90 Å². The molecule has 0 rings (SSSR count). The second-order valence-corrected chi connectivity index (χ2v) is 3.24. The Morgan fingerprint density at radius 3 is 2.00 bits per heavy atom. The zero-order valence-electron chi connectivity index (χ0n) is 8.89. The lowest BCUT2D eigenvalue weighted by molar-refractivity contribution is -0.0564. The maximum absolute atomic E-state index is 9.52. The number of nitrogens with zero attached hydrogens (tertiary/aromatic N) is 1. The molecule has 0 bridgehead atoms. The van der Waals surface area contributed by atoms with Crippen molar-refractivity contribution in [2.45, 2.75) is 38.6 Å². The number of hydrogen-bond donors (Lipinski definition) is 2. The fourth-order valence-corrected chi connectivity index (χ4v) is 1.24. The van der Waals surface area contributed by atoms with E-state index < -0.39 is 12.5 Å². The third kappa shape index (κ3) is 4.56. The second kappa shape index (κ2) is 7.74. The van der Waals surface area contributed by atoms with Crippen molar-refractivity contribution in [3.8, 4) is 0 Å². The highest BCUT2D eigenvalue weighted by molar-refractivity contribution is 4.86. The van der Waals surface area contributed by atoms with Gasteiger partial charge in [-0.05, 0) is 18.6 Å². The molecule has 0 aliphatic carbocycles. The average Bonchev–Trinajstić information content (AvgIpc) is 2.22. The summed E-state index contributed by atoms with van der Waals surface area (Å²) in [5.41, 5.74) is 0. The van der Waals surface area contributed by atoms with Gasteiger partial charge in [0.15, 0.2) is 0 Å². The monoisotopic (exact) mass is 199 g/mol. The fraction of sp³-hybridized carbons (Fsp3) is 0.636. The fourth-order valence-electron chi connectivity index (χ4n) is 1.24. The van der Waals surface area contributed by atoms with E-state index in [1.54, 1.807) is 4.90 Å². The van der Waals surface area contributed by atoms with E-state index in [0.717, 1.165) is 19.3 Å². The van der Waals surface area contributed by atoms with E-state index in [-0.39, 0.29) is 0 Å². The highest BCUT2D eigenvalue weighted by Crippen LogP contribution is 2.07. The molecule has 2 atom stereocenters. The van der Waals surface area contributed by atoms with E-state index in [9.17, 15) is 10.2 Å². The minimum absolute atomic E-state index is 0.647. The van der Waals surface area contributed by atoms with Gasteiger partial charge < -0.3 is 10.2 Å². The summed E-state index contributed by atoms with van der Waals surface area (Å²) in [5, 5.41) is 19.0. The summed E-state index contributed by atoms with van der Waals surface area (Å²) < 4.78 is 0. The van der Waals surface area contributed by atoms with Gasteiger partial charge in [0, 0.05) is 6.54 Å². The molecular formula is C11H21NO2. The topological polar surface area (TPSA) is 43.7 Å². The third-order valence-corrected chi connectivity index (χ3v) is 2.12. The Morgan fingerprint density at radius 1 is 1.14 bits per heavy atom. The van der Waals surface area contributed by atoms with Crippen LogP contribution in [0.1, 0.15) is 26.2 Å². The summed E-state index contributed by atoms with van der Waals surface area (Å²) in [6.07, 6.45) is 4.34. The van der Waals surface area contributed by atoms with Crippen molar-refractivity contribution in [2.75, 3.05) is 6.54 Å². The van der Waals surface area contributed by atoms with Gasteiger partial charge in [0.1, 0.15) is 12.5 Å². The molecule has 0 aromatic carbocycles. The number of rotatable bonds is 8. The summed E-state index contributed by atoms with van der Waals surface area (Å²) in [4.78, 5) is 1.55. The smallest absolute Gasteiger partial charge is 0.128 e. The molecule has 3 nitrogen and oxygen atoms in total. The van der Waals surface area contributed by atoms with E-state index in [2.05, 4.69) is 20.1 Å². The zero-order chi connectivity index (χ0) is 11.0. The molecule has 2 N–H and O–H groups in total. The molecule has 0 amide bonds. The summed E-state index contributed by atoms with van der Waals surface area (Å²) in [5.74, 6) is 0. The minimum Gasteiger partial charge on any atom is -0.375 e. The number of unbranched alkanes of at least 4 members (excludes halogenated alkanes) is 2. The molecule has 0 radical (unpaired) electrons. The van der Waals surface area contributed by atoms with Crippen LogP contribution in [-0.4, -0.2) is 34.1 Å². The van der Waals surface area contributed by atoms with Crippen LogP contribution in [0.3, 0.4) is 0 Å². The zero-order valence-corrected chi connectivity index (χ0v) is 8.89. The van der Waals surface area contributed by atoms with Gasteiger partial charge in [0.2, 0.25) is 0 Å². The molecule has 0 aliphatic rings. The maximum Gasteiger partial charge on any atom is 0.128 e. The molecule has 0 saturated heterocycles. The molecule has 0 spiro atoms. The first-order valence-corrected chi connectivity index (χ1v) is 5.04. The number of hydrogen-bond acceptors (Lipinski definition) is 3. The van der Waals surface area contributed by atoms with Gasteiger partial charge >= 0.3 is 0 Å². The van der Waals surface area contributed by atoms with Crippen molar-refractivity contribution in [1.29, 1.82) is 0 Å². The first kappa shape index (κ1) is 13.4. The Labute approximate surface area is 86.4 Å². The van der Waals surface area contributed by atoms with E-state index in [0.29, 0.717) is 6.54 Å². The van der Waals surface area contributed by atoms with Crippen molar-refractivity contribution < 1.29 is 10.2 Å². The van der Waals surface area contributed by atoms with Gasteiger partial charge in [-0.3, -0.25) is 0 Å². The summed E-state index contributed by atoms with van der Waals surface area (Å²) >= 11 is 0. The molecule has 0 saturated carbocycles. The largest absolute Gasteiger partial charge is 0.375 e. The Balaban J connectivity index is 4.09. The molecular weight excluding hydrogens is 178 g/mol. The Morgan fingerprint density at radius 2 is 1.64 bits per heavy atom. The lowest BCUT2D eigenvalue weighted by Crippen LogP contribution is -2.41. The van der Waals surface area contributed by atoms with Crippen molar-refractivity contribution in [2.24, 2.45) is 0 Å². The van der Waals surface area contributed by atoms with Crippen LogP contribution in [0.4, 0.5) is 0 Å². The normalized spacial score (nSPS) is 15.1. The molecule has 2 unspecified atom stereocenters. The van der Waals surface area contributed by atoms with Crippen molar-refractivity contribution >= 4 is 0 Å². The maximum atomic E-state index is 9.52. The molecule has 0 aromatic heterocycles. The molecule has 14 heavy (non-hydrogen) atoms. The average molecular weight is 199 g/mol. The predicted molar refractivity (Wildman–Crippen MR) is 58.6 cm³/mol. The van der Waals surface area contributed by atoms with E-state index in [1.807, 2.05) is 0 Å². The van der Waals surface area contributed by atoms with Crippen LogP contribution in [0.5, 0.6) is 0 Å². The van der Waals surface area contributed by atoms with Crippen molar-refractivity contribution in [3.63, 3.8) is 0 Å². The summed E-state index contributed by atoms with van der Waals surface area (Å²) in [7, 11) is 0. The van der Waals surface area contributed by atoms with Crippen LogP contribution in [-0.2, 0) is 0 Å². The van der Waals surface area contributed by atoms with Crippen LogP contribution >= 0.6 is 0 Å². The molecule has 0 aliphatic heterocycles. The molecule has 3 heteroatoms. The molecule has 0 fully saturated rings. The quantitative estimate of drug-likeness (QED) is 0.353. The van der Waals surface area contributed by atoms with Crippen LogP contribution in [0.2, 0.25) is 0 Å². The second-order valence-electron chi connectivity index (χ2n) is 3.24. The lowest BCUT2D eigenvalue weighted by Gasteiger charge is -2.28. The third-order valence-electron chi connectivity index (χ3n) is 2.12. The summed E-state index contributed by atoms with van der Waals surface area (Å²) in [6.45, 7) is 9.74. The van der Waals surface area contributed by atoms with Crippen LogP contribution in [0.15, 0.2) is 25.3 Å². The van der Waals surface area contributed by atoms with E-state index >= 15 is 0 Å². The predicted octanol–water partition coefficient (Wildman–Crippen LogP) is 1.49. The number of aliphatic hydroxyl groups excluding tert-OH is 2. The highest BCUT2D eigenvalue weighted by atomic mass is 16.3. The SMILES string of the molecule is C=CC(O)N(CCCCC)C(O)C=C. The first-order valence-electron chi connectivity index (χ1n) is 5.04. The molecule has 0 heterocycles. The minimum atomic E-state index is -0.806. The van der Waals surface area contributed by atoms with E-state index in [4.69, 9.17) is 0 Å². The Hall–Kier alpha value is -0.640. The Kier molecular flexibility index (Phi) is 7.38. The highest BCUT2D eigenvalue weighted by Gasteiger charge is 2.17. The standard InChI is InChI=1S/C11H21NO2/c1-4-7-8-9-12(10(13)5-2)11(14)6-3/h5-6,10-11,13-14H,2-4,7-9H2,1H3. The van der Waals surface area contributed by atoms with Gasteiger partial charge in [-0.25, -0.2) is 4.90 Å². The van der Waals surface area contributed by atoms with Gasteiger partial charge in [-0.15, -0.1) is 0 Å². The molecule has 82 valence electrons. The van der Waals surface area contributed by atoms with Crippen LogP contribution in [0.25, 0.3) is 0 Å². The van der Waals surface area contributed by atoms with Gasteiger partial charge in [-0.1, -0.05) is 32.9 Å². The Bertz CT molecular complexity index is 157. The molecule has 0 aromatic rings. The van der Waals surface area contributed by atoms with Crippen LogP contribution in [0, 0.1) is 0 Å². The first-order chi connectivity index (χ1) is 6.67. The van der Waals surface area contributed by atoms with Gasteiger partial charge in [0.05, 0.1) is 0 Å². The summed E-state index contributed by atoms with van der Waals surface area (Å²) in [6, 6.07) is 0. The van der Waals surface area contributed by atoms with Gasteiger partial charge in [-0.2, -0.15) is 0 Å². The number of aliphatic hydroxyl groups is 2. The van der Waals surface area contributed by atoms with Crippen LogP contribution < -0.4 is 0 Å².